The molecule has 0 heterocycles. The van der Waals surface area contributed by atoms with Crippen molar-refractivity contribution in [3.63, 3.8) is 0 Å². The van der Waals surface area contributed by atoms with Crippen LogP contribution in [0, 0.1) is 116 Å². The van der Waals surface area contributed by atoms with E-state index in [4.69, 9.17) is 0 Å². The second-order valence-corrected chi connectivity index (χ2v) is 14.6. The largest absolute Gasteiger partial charge is 0.340 e. The van der Waals surface area contributed by atoms with Gasteiger partial charge in [0, 0.05) is 0 Å². The van der Waals surface area contributed by atoms with E-state index in [1.54, 1.807) is 4.90 Å². The molecule has 0 aliphatic rings. The molecule has 62 heavy (non-hydrogen) atoms. The zero-order chi connectivity index (χ0) is 47.1. The van der Waals surface area contributed by atoms with Crippen LogP contribution in [0.15, 0.2) is 0 Å². The standard InChI is InChI=1S/C24BF20.C16H35N/c26-5-1(6(27)14(35)21(42)13(5)34)25(2-7(28)15(36)22(43)16(37)8(2)29,3-9(30)17(38)23(44)18(39)10(3)31)4-11(32)19(40)24(45)20(41)12(4)33;1-4-5-6-7-8-9-10-11-12-13-14-15-16-17(2)3/h;4-16H2,1-3H3/q-1;/p+1. The van der Waals surface area contributed by atoms with E-state index < -0.39 is 144 Å². The van der Waals surface area contributed by atoms with Gasteiger partial charge in [-0.25, -0.2) is 87.8 Å². The predicted molar refractivity (Wildman–Crippen MR) is 188 cm³/mol. The van der Waals surface area contributed by atoms with Gasteiger partial charge in [0.15, 0.2) is 69.8 Å². The van der Waals surface area contributed by atoms with Gasteiger partial charge in [-0.2, -0.15) is 0 Å². The van der Waals surface area contributed by atoms with Crippen LogP contribution >= 0.6 is 0 Å². The Morgan fingerprint density at radius 3 is 0.597 bits per heavy atom. The minimum atomic E-state index is -7.22. The Morgan fingerprint density at radius 2 is 0.419 bits per heavy atom. The van der Waals surface area contributed by atoms with Gasteiger partial charge in [-0.05, 0) is 12.8 Å². The van der Waals surface area contributed by atoms with E-state index in [0.717, 1.165) is 0 Å². The van der Waals surface area contributed by atoms with Crippen LogP contribution in [-0.2, 0) is 0 Å². The Kier molecular flexibility index (Phi) is 18.2. The summed E-state index contributed by atoms with van der Waals surface area (Å²) >= 11 is 0. The lowest BCUT2D eigenvalue weighted by molar-refractivity contribution is -0.858. The lowest BCUT2D eigenvalue weighted by Crippen LogP contribution is -3.05. The fourth-order valence-electron chi connectivity index (χ4n) is 7.19. The number of nitrogens with one attached hydrogen (secondary N) is 1. The van der Waals surface area contributed by atoms with Gasteiger partial charge in [0.25, 0.3) is 0 Å². The molecule has 0 bridgehead atoms. The van der Waals surface area contributed by atoms with Gasteiger partial charge < -0.3 is 4.90 Å². The number of halogens is 20. The number of rotatable bonds is 17. The molecule has 4 aromatic carbocycles. The van der Waals surface area contributed by atoms with Crippen LogP contribution in [0.4, 0.5) is 87.8 Å². The van der Waals surface area contributed by atoms with E-state index in [1.807, 2.05) is 0 Å². The Balaban J connectivity index is 0.000000509. The van der Waals surface area contributed by atoms with Crippen molar-refractivity contribution in [3.05, 3.63) is 116 Å². The van der Waals surface area contributed by atoms with Crippen molar-refractivity contribution in [2.45, 2.75) is 84.0 Å². The topological polar surface area (TPSA) is 4.44 Å². The van der Waals surface area contributed by atoms with Gasteiger partial charge in [-0.15, -0.1) is 21.9 Å². The van der Waals surface area contributed by atoms with Crippen molar-refractivity contribution >= 4 is 28.0 Å². The Labute approximate surface area is 341 Å². The molecule has 0 spiro atoms. The summed E-state index contributed by atoms with van der Waals surface area (Å²) in [5, 5.41) is 0. The molecule has 0 unspecified atom stereocenters. The molecular formula is C40H36BF20N. The fraction of sp³-hybridized carbons (Fsp3) is 0.400. The molecule has 0 aliphatic heterocycles. The summed E-state index contributed by atoms with van der Waals surface area (Å²) in [5.41, 5.74) is -14.3. The molecular weight excluding hydrogens is 885 g/mol. The van der Waals surface area contributed by atoms with Gasteiger partial charge in [-0.3, -0.25) is 0 Å². The van der Waals surface area contributed by atoms with Crippen LogP contribution in [0.5, 0.6) is 0 Å². The van der Waals surface area contributed by atoms with E-state index in [0.29, 0.717) is 0 Å². The zero-order valence-corrected chi connectivity index (χ0v) is 32.8. The first-order chi connectivity index (χ1) is 29.0. The zero-order valence-electron chi connectivity index (χ0n) is 32.8. The molecule has 0 atom stereocenters. The summed E-state index contributed by atoms with van der Waals surface area (Å²) in [7, 11) is 4.50. The van der Waals surface area contributed by atoms with Gasteiger partial charge in [-0.1, -0.05) is 71.1 Å². The van der Waals surface area contributed by atoms with Crippen molar-refractivity contribution in [1.82, 2.24) is 0 Å². The first-order valence-electron chi connectivity index (χ1n) is 19.0. The monoisotopic (exact) mass is 921 g/mol. The van der Waals surface area contributed by atoms with Crippen LogP contribution in [0.25, 0.3) is 0 Å². The molecule has 0 aliphatic carbocycles. The highest BCUT2D eigenvalue weighted by Crippen LogP contribution is 2.30. The van der Waals surface area contributed by atoms with Crippen LogP contribution < -0.4 is 26.8 Å². The second kappa shape index (κ2) is 21.7. The quantitative estimate of drug-likeness (QED) is 0.0354. The Bertz CT molecular complexity index is 1860. The first-order valence-corrected chi connectivity index (χ1v) is 19.0. The van der Waals surface area contributed by atoms with E-state index >= 15 is 35.1 Å². The van der Waals surface area contributed by atoms with Gasteiger partial charge in [0.1, 0.15) is 52.7 Å². The summed E-state index contributed by atoms with van der Waals surface area (Å²) < 4.78 is 294. The molecule has 0 fully saturated rings. The van der Waals surface area contributed by atoms with E-state index in [9.17, 15) is 52.7 Å². The van der Waals surface area contributed by atoms with Crippen molar-refractivity contribution < 1.29 is 92.7 Å². The third kappa shape index (κ3) is 9.83. The minimum absolute atomic E-state index is 1.34. The predicted octanol–water partition coefficient (Wildman–Crippen LogP) is 9.68. The van der Waals surface area contributed by atoms with Crippen LogP contribution in [0.3, 0.4) is 0 Å². The summed E-state index contributed by atoms with van der Waals surface area (Å²) in [6.07, 6.45) is 10.2. The maximum atomic E-state index is 15.4. The van der Waals surface area contributed by atoms with Crippen molar-refractivity contribution in [2.75, 3.05) is 20.6 Å². The van der Waals surface area contributed by atoms with E-state index in [-0.39, 0.29) is 0 Å². The molecule has 0 saturated carbocycles. The van der Waals surface area contributed by atoms with Crippen molar-refractivity contribution in [3.8, 4) is 0 Å². The average molecular weight is 922 g/mol. The maximum absolute atomic E-state index is 15.4. The highest BCUT2D eigenvalue weighted by Gasteiger charge is 2.52. The third-order valence-corrected chi connectivity index (χ3v) is 10.2. The number of benzene rings is 4. The normalized spacial score (nSPS) is 11.8. The SMILES string of the molecule is CCCCCCCCCCCCCC[NH+](C)C.Fc1c(F)c(F)c([B-](c2c(F)c(F)c(F)c(F)c2F)(c2c(F)c(F)c(F)c(F)c2F)c2c(F)c(F)c(F)c(F)c2F)c(F)c1F. The molecule has 0 aromatic heterocycles. The summed E-state index contributed by atoms with van der Waals surface area (Å²) in [6.45, 7) is 3.63. The second-order valence-electron chi connectivity index (χ2n) is 14.6. The maximum Gasteiger partial charge on any atom is 0.200 e. The van der Waals surface area contributed by atoms with Crippen molar-refractivity contribution in [1.29, 1.82) is 0 Å². The van der Waals surface area contributed by atoms with Crippen LogP contribution in [-0.4, -0.2) is 26.8 Å². The number of unbranched alkanes of at least 4 members (excludes halogenated alkanes) is 11. The fourth-order valence-corrected chi connectivity index (χ4v) is 7.19. The lowest BCUT2D eigenvalue weighted by atomic mass is 9.12. The molecule has 1 nitrogen and oxygen atoms in total. The summed E-state index contributed by atoms with van der Waals surface area (Å²) in [6, 6.07) is 0. The van der Waals surface area contributed by atoms with E-state index in [1.165, 1.54) is 83.6 Å². The molecule has 4 rings (SSSR count). The van der Waals surface area contributed by atoms with Crippen LogP contribution in [0.1, 0.15) is 84.0 Å². The smallest absolute Gasteiger partial charge is 0.200 e. The Hall–Kier alpha value is -4.50. The average Bonchev–Trinajstić information content (AvgIpc) is 3.24. The van der Waals surface area contributed by atoms with Crippen molar-refractivity contribution in [2.24, 2.45) is 0 Å². The molecule has 0 amide bonds. The number of hydrogen-bond donors (Lipinski definition) is 1. The molecule has 4 aromatic rings. The molecule has 1 N–H and O–H groups in total. The van der Waals surface area contributed by atoms with Crippen LogP contribution in [0.2, 0.25) is 0 Å². The molecule has 22 heteroatoms. The number of quaternary nitrogens is 1. The summed E-state index contributed by atoms with van der Waals surface area (Å²) in [4.78, 5) is 1.59. The number of hydrogen-bond acceptors (Lipinski definition) is 0. The molecule has 0 radical (unpaired) electrons. The first kappa shape index (κ1) is 51.9. The minimum Gasteiger partial charge on any atom is -0.340 e. The van der Waals surface area contributed by atoms with Gasteiger partial charge in [0.05, 0.1) is 20.6 Å². The molecule has 344 valence electrons. The van der Waals surface area contributed by atoms with Gasteiger partial charge >= 0.3 is 0 Å². The Morgan fingerprint density at radius 1 is 0.258 bits per heavy atom. The molecule has 0 saturated heterocycles. The highest BCUT2D eigenvalue weighted by molar-refractivity contribution is 7.20. The summed E-state index contributed by atoms with van der Waals surface area (Å²) in [5.74, 6) is -71.4. The highest BCUT2D eigenvalue weighted by atomic mass is 19.2. The lowest BCUT2D eigenvalue weighted by Gasteiger charge is -2.44. The van der Waals surface area contributed by atoms with Gasteiger partial charge in [0.2, 0.25) is 0 Å². The third-order valence-electron chi connectivity index (χ3n) is 10.2. The van der Waals surface area contributed by atoms with E-state index in [2.05, 4.69) is 21.0 Å².